The molecule has 6 aromatic rings. The molecule has 4 aliphatic carbocycles. The Bertz CT molecular complexity index is 5450. The van der Waals surface area contributed by atoms with E-state index in [0.29, 0.717) is 142 Å². The molecule has 10 fully saturated rings. The summed E-state index contributed by atoms with van der Waals surface area (Å²) in [6.07, 6.45) is 24.0. The lowest BCUT2D eigenvalue weighted by atomic mass is 9.81. The number of hydrogen-bond donors (Lipinski definition) is 6. The SMILES string of the molecule is Cc1cn2c(c(O)c1=O)C(=O)N1CCOC[C@@H]1C2.Cc1cn2c(c(O)c1=O)C(=O)N1CCOC[C@H]1C2.Cc1cn2c(c(O)c1=O)C(=O)N1[C@@H](C)CCC(C3CC3)[C@@H]1C2.Cc1cn2c(c(O)c1=O)C(=O)N1[C@@H](C)CCN(C3CC3)[C@@H]1C2.Cc1cn2c(c(O)c1=O)C(=O)N1[C@@H]3CC[C@@H](C3)[C@H]1C2.Cc1cn2c(c(O)c1=O)C(=O)N1[C@H](C2)N(C2CC2)C[C@@H]1C. The second-order valence-electron chi connectivity index (χ2n) is 35.9. The summed E-state index contributed by atoms with van der Waals surface area (Å²) in [7, 11) is 0. The van der Waals surface area contributed by atoms with Crippen LogP contribution in [-0.2, 0) is 48.7 Å². The molecule has 640 valence electrons. The number of carbonyl (C=O) groups is 6. The van der Waals surface area contributed by atoms with Gasteiger partial charge in [-0.15, -0.1) is 0 Å². The minimum Gasteiger partial charge on any atom is -0.503 e. The molecule has 22 rings (SSSR count). The molecule has 0 aromatic carbocycles. The van der Waals surface area contributed by atoms with Crippen molar-refractivity contribution in [3.63, 3.8) is 0 Å². The minimum atomic E-state index is -0.471. The van der Waals surface area contributed by atoms with Gasteiger partial charge in [0.25, 0.3) is 35.4 Å². The van der Waals surface area contributed by atoms with Gasteiger partial charge in [0.15, 0.2) is 68.7 Å². The standard InChI is InChI=1S/C17H22N2O3.C16H21N3O3.C15H19N3O3.C14H16N2O3.2C12H14N2O4/c1-9-7-18-8-13-12(11-4-5-11)6-3-10(2)19(13)17(22)14(18)16(21)15(9)20;1-9-7-17-8-12-18(11-3-4-11)6-5-10(2)19(12)16(22)13(17)15(21)14(9)20;1-8-5-16-7-11-17(10-3-4-10)6-9(2)18(11)15(21)12(16)14(20)13(8)19;1-7-5-15-6-10-8-2-3-9(4-8)16(10)14(19)11(15)13(18)12(7)17;2*1-7-4-13-5-8-6-18-3-2-14(8)12(17)9(13)11(16)10(7)15/h7,10-13,21H,3-6,8H2,1-2H3;7,10-12,21H,3-6,8H2,1-2H3;5,9-11,20H,3-4,6-7H2,1-2H3;5,8-10,18H,2-4,6H2,1H3;2*4,8,16H,2-3,5-6H2,1H3/t10-,12?,13-;10-,12-;9-,11+;8-,9+,10+;2*8-/m000010/s1. The lowest BCUT2D eigenvalue weighted by Crippen LogP contribution is -2.64. The molecule has 16 aliphatic rings. The second-order valence-corrected chi connectivity index (χ2v) is 35.9. The van der Waals surface area contributed by atoms with Gasteiger partial charge < -0.3 is 96.9 Å². The van der Waals surface area contributed by atoms with Gasteiger partial charge in [-0.25, -0.2) is 0 Å². The van der Waals surface area contributed by atoms with E-state index in [9.17, 15) is 88.2 Å². The number of amides is 6. The summed E-state index contributed by atoms with van der Waals surface area (Å²) in [5.41, 5.74) is 0.978. The average molecular weight is 1660 g/mol. The van der Waals surface area contributed by atoms with Crippen LogP contribution in [0.5, 0.6) is 34.5 Å². The third-order valence-electron chi connectivity index (χ3n) is 27.9. The highest BCUT2D eigenvalue weighted by molar-refractivity contribution is 6.00. The fourth-order valence-corrected chi connectivity index (χ4v) is 21.4. The first-order valence-corrected chi connectivity index (χ1v) is 42.4. The van der Waals surface area contributed by atoms with E-state index < -0.39 is 55.6 Å². The first-order valence-electron chi connectivity index (χ1n) is 42.4. The molecule has 12 aliphatic heterocycles. The molecule has 6 N–H and O–H groups in total. The van der Waals surface area contributed by atoms with Crippen LogP contribution in [0.1, 0.15) is 194 Å². The number of morpholine rings is 2. The molecule has 1 unspecified atom stereocenters. The molecule has 120 heavy (non-hydrogen) atoms. The molecule has 12 atom stereocenters. The van der Waals surface area contributed by atoms with E-state index in [1.54, 1.807) is 111 Å². The lowest BCUT2D eigenvalue weighted by molar-refractivity contribution is -0.0362. The van der Waals surface area contributed by atoms with Gasteiger partial charge in [-0.1, -0.05) is 0 Å². The summed E-state index contributed by atoms with van der Waals surface area (Å²) >= 11 is 0. The van der Waals surface area contributed by atoms with Crippen molar-refractivity contribution in [2.45, 2.75) is 251 Å². The Labute approximate surface area is 690 Å². The Balaban J connectivity index is 0.000000103. The van der Waals surface area contributed by atoms with Gasteiger partial charge in [0.05, 0.1) is 63.7 Å². The van der Waals surface area contributed by atoms with E-state index in [1.807, 2.05) is 38.0 Å². The Hall–Kier alpha value is -10.8. The van der Waals surface area contributed by atoms with Gasteiger partial charge in [-0.3, -0.25) is 67.3 Å². The number of carbonyl (C=O) groups excluding carboxylic acids is 6. The van der Waals surface area contributed by atoms with E-state index in [1.165, 1.54) is 51.4 Å². The zero-order chi connectivity index (χ0) is 85.1. The molecular weight excluding hydrogens is 1550 g/mol. The smallest absolute Gasteiger partial charge is 0.276 e. The number of pyridine rings is 6. The molecule has 6 saturated heterocycles. The van der Waals surface area contributed by atoms with Crippen LogP contribution in [0.15, 0.2) is 65.9 Å². The lowest BCUT2D eigenvalue weighted by Gasteiger charge is -2.50. The van der Waals surface area contributed by atoms with E-state index in [2.05, 4.69) is 16.7 Å². The highest BCUT2D eigenvalue weighted by atomic mass is 16.5. The molecule has 18 heterocycles. The average Bonchev–Trinajstić information content (AvgIpc) is 1.65. The zero-order valence-corrected chi connectivity index (χ0v) is 69.2. The molecule has 2 bridgehead atoms. The van der Waals surface area contributed by atoms with Gasteiger partial charge in [-0.05, 0) is 157 Å². The van der Waals surface area contributed by atoms with Crippen molar-refractivity contribution in [2.75, 3.05) is 52.6 Å². The number of nitrogens with zero attached hydrogens (tertiary/aromatic N) is 14. The highest BCUT2D eigenvalue weighted by Gasteiger charge is 2.55. The molecule has 34 heteroatoms. The predicted octanol–water partition coefficient (Wildman–Crippen LogP) is 3.61. The summed E-state index contributed by atoms with van der Waals surface area (Å²) in [6.45, 7) is 24.8. The summed E-state index contributed by atoms with van der Waals surface area (Å²) in [4.78, 5) is 163. The van der Waals surface area contributed by atoms with Crippen molar-refractivity contribution in [2.24, 2.45) is 17.8 Å². The number of ether oxygens (including phenoxy) is 2. The quantitative estimate of drug-likeness (QED) is 0.147. The van der Waals surface area contributed by atoms with Crippen molar-refractivity contribution in [3.8, 4) is 34.5 Å². The van der Waals surface area contributed by atoms with Gasteiger partial charge in [0.2, 0.25) is 32.6 Å². The normalized spacial score (nSPS) is 27.7. The highest BCUT2D eigenvalue weighted by Crippen LogP contribution is 2.49. The third-order valence-corrected chi connectivity index (χ3v) is 27.9. The van der Waals surface area contributed by atoms with Gasteiger partial charge in [0.1, 0.15) is 12.3 Å². The molecule has 6 amide bonds. The first kappa shape index (κ1) is 81.5. The maximum absolute atomic E-state index is 12.9. The van der Waals surface area contributed by atoms with Gasteiger partial charge in [0, 0.05) is 159 Å². The summed E-state index contributed by atoms with van der Waals surface area (Å²) < 4.78 is 21.1. The second kappa shape index (κ2) is 31.0. The Kier molecular flexibility index (Phi) is 21.1. The van der Waals surface area contributed by atoms with E-state index in [4.69, 9.17) is 9.47 Å². The first-order chi connectivity index (χ1) is 57.2. The van der Waals surface area contributed by atoms with E-state index in [0.717, 1.165) is 44.7 Å². The number of aryl methyl sites for hydroxylation is 6. The largest absolute Gasteiger partial charge is 0.503 e. The fraction of sp³-hybridized carbons (Fsp3) is 0.581. The van der Waals surface area contributed by atoms with Gasteiger partial charge in [-0.2, -0.15) is 0 Å². The van der Waals surface area contributed by atoms with Crippen LogP contribution in [-0.4, -0.2) is 258 Å². The summed E-state index contributed by atoms with van der Waals surface area (Å²) in [5.74, 6) is -1.92. The number of fused-ring (bicyclic) bond motifs is 16. The van der Waals surface area contributed by atoms with Crippen LogP contribution >= 0.6 is 0 Å². The summed E-state index contributed by atoms with van der Waals surface area (Å²) in [5, 5.41) is 60.2. The molecule has 34 nitrogen and oxygen atoms in total. The van der Waals surface area contributed by atoms with Crippen molar-refractivity contribution in [1.82, 2.24) is 66.6 Å². The Morgan fingerprint density at radius 3 is 1.05 bits per heavy atom. The number of aromatic nitrogens is 6. The van der Waals surface area contributed by atoms with Crippen LogP contribution in [0.4, 0.5) is 0 Å². The number of piperidine rings is 2. The zero-order valence-electron chi connectivity index (χ0n) is 69.2. The number of hydrogen-bond acceptors (Lipinski definition) is 22. The van der Waals surface area contributed by atoms with Gasteiger partial charge >= 0.3 is 0 Å². The fourth-order valence-electron chi connectivity index (χ4n) is 21.4. The molecule has 6 aromatic heterocycles. The van der Waals surface area contributed by atoms with Crippen LogP contribution < -0.4 is 32.6 Å². The predicted molar refractivity (Wildman–Crippen MR) is 433 cm³/mol. The molecular formula is C86H106N14O20. The van der Waals surface area contributed by atoms with Crippen molar-refractivity contribution in [1.29, 1.82) is 0 Å². The maximum atomic E-state index is 12.9. The monoisotopic (exact) mass is 1650 g/mol. The third kappa shape index (κ3) is 13.9. The molecule has 0 spiro atoms. The molecule has 0 radical (unpaired) electrons. The Morgan fingerprint density at radius 1 is 0.300 bits per heavy atom. The maximum Gasteiger partial charge on any atom is 0.276 e. The van der Waals surface area contributed by atoms with Crippen molar-refractivity contribution >= 4 is 35.4 Å². The van der Waals surface area contributed by atoms with E-state index >= 15 is 0 Å². The summed E-state index contributed by atoms with van der Waals surface area (Å²) in [6, 6.07) is 2.35. The number of aromatic hydroxyl groups is 6. The van der Waals surface area contributed by atoms with Crippen LogP contribution in [0.2, 0.25) is 0 Å². The van der Waals surface area contributed by atoms with Crippen LogP contribution in [0.25, 0.3) is 0 Å². The van der Waals surface area contributed by atoms with Crippen molar-refractivity contribution < 1.29 is 68.9 Å². The molecule has 4 saturated carbocycles. The number of rotatable bonds is 3. The van der Waals surface area contributed by atoms with Crippen LogP contribution in [0, 0.1) is 59.3 Å². The topological polar surface area (TPSA) is 400 Å². The van der Waals surface area contributed by atoms with Crippen molar-refractivity contribution in [3.05, 3.63) is 166 Å². The minimum absolute atomic E-state index is 0.0138. The van der Waals surface area contributed by atoms with Crippen LogP contribution in [0.3, 0.4) is 0 Å². The Morgan fingerprint density at radius 2 is 0.633 bits per heavy atom. The van der Waals surface area contributed by atoms with E-state index in [-0.39, 0.29) is 136 Å².